The maximum absolute atomic E-state index is 10.5. The maximum Gasteiger partial charge on any atom is 0.269 e. The zero-order valence-corrected chi connectivity index (χ0v) is 10.4. The quantitative estimate of drug-likeness (QED) is 0.466. The number of nitriles is 1. The van der Waals surface area contributed by atoms with Crippen molar-refractivity contribution in [1.29, 1.82) is 5.26 Å². The predicted octanol–water partition coefficient (Wildman–Crippen LogP) is 3.27. The summed E-state index contributed by atoms with van der Waals surface area (Å²) in [7, 11) is 0. The predicted molar refractivity (Wildman–Crippen MR) is 70.5 cm³/mol. The Morgan fingerprint density at radius 2 is 1.88 bits per heavy atom. The van der Waals surface area contributed by atoms with E-state index in [1.165, 1.54) is 12.1 Å². The van der Waals surface area contributed by atoms with Crippen LogP contribution in [0.1, 0.15) is 5.56 Å². The number of nitro groups is 1. The van der Waals surface area contributed by atoms with Gasteiger partial charge in [-0.25, -0.2) is 0 Å². The van der Waals surface area contributed by atoms with Crippen LogP contribution >= 0.6 is 23.5 Å². The Kier molecular flexibility index (Phi) is 3.71. The number of nitro benzene ring substituents is 1. The standard InChI is InChI=1S/C11H8N2O2S2/c12-7-10(11-16-5-6-17-11)8-1-3-9(4-2-8)13(14)15/h1-4H,5-6H2. The van der Waals surface area contributed by atoms with Gasteiger partial charge in [0.05, 0.1) is 14.7 Å². The van der Waals surface area contributed by atoms with Crippen molar-refractivity contribution in [2.45, 2.75) is 0 Å². The summed E-state index contributed by atoms with van der Waals surface area (Å²) in [6.07, 6.45) is 0. The highest BCUT2D eigenvalue weighted by molar-refractivity contribution is 8.25. The lowest BCUT2D eigenvalue weighted by molar-refractivity contribution is -0.384. The van der Waals surface area contributed by atoms with Gasteiger partial charge in [-0.1, -0.05) is 0 Å². The summed E-state index contributed by atoms with van der Waals surface area (Å²) in [6.45, 7) is 0. The topological polar surface area (TPSA) is 66.9 Å². The molecule has 0 atom stereocenters. The summed E-state index contributed by atoms with van der Waals surface area (Å²) in [5.74, 6) is 2.02. The molecule has 0 saturated carbocycles. The van der Waals surface area contributed by atoms with Crippen molar-refractivity contribution in [2.24, 2.45) is 0 Å². The minimum Gasteiger partial charge on any atom is -0.258 e. The molecule has 0 unspecified atom stereocenters. The van der Waals surface area contributed by atoms with E-state index in [4.69, 9.17) is 5.26 Å². The molecule has 17 heavy (non-hydrogen) atoms. The van der Waals surface area contributed by atoms with Crippen LogP contribution in [-0.4, -0.2) is 16.4 Å². The van der Waals surface area contributed by atoms with Gasteiger partial charge in [-0.2, -0.15) is 5.26 Å². The van der Waals surface area contributed by atoms with Crippen molar-refractivity contribution in [3.05, 3.63) is 44.2 Å². The first-order valence-electron chi connectivity index (χ1n) is 4.87. The third-order valence-electron chi connectivity index (χ3n) is 2.23. The fraction of sp³-hybridized carbons (Fsp3) is 0.182. The molecule has 0 radical (unpaired) electrons. The molecular weight excluding hydrogens is 256 g/mol. The first-order chi connectivity index (χ1) is 8.22. The lowest BCUT2D eigenvalue weighted by Crippen LogP contribution is -1.89. The normalized spacial score (nSPS) is 14.4. The van der Waals surface area contributed by atoms with Gasteiger partial charge in [-0.15, -0.1) is 23.5 Å². The van der Waals surface area contributed by atoms with Gasteiger partial charge in [0.1, 0.15) is 6.07 Å². The number of thioether (sulfide) groups is 2. The molecule has 1 aromatic carbocycles. The summed E-state index contributed by atoms with van der Waals surface area (Å²) in [5.41, 5.74) is 1.41. The minimum atomic E-state index is -0.442. The number of rotatable bonds is 2. The molecule has 0 N–H and O–H groups in total. The average Bonchev–Trinajstić information content (AvgIpc) is 2.84. The van der Waals surface area contributed by atoms with Crippen molar-refractivity contribution >= 4 is 34.8 Å². The molecule has 0 amide bonds. The number of allylic oxidation sites excluding steroid dienone is 1. The van der Waals surface area contributed by atoms with Gasteiger partial charge < -0.3 is 0 Å². The second kappa shape index (κ2) is 5.25. The molecule has 1 saturated heterocycles. The summed E-state index contributed by atoms with van der Waals surface area (Å²) in [4.78, 5) is 10.1. The number of benzene rings is 1. The summed E-state index contributed by atoms with van der Waals surface area (Å²) in [6, 6.07) is 8.29. The van der Waals surface area contributed by atoms with Crippen molar-refractivity contribution in [2.75, 3.05) is 11.5 Å². The van der Waals surface area contributed by atoms with Crippen LogP contribution in [-0.2, 0) is 0 Å². The van der Waals surface area contributed by atoms with Gasteiger partial charge in [0, 0.05) is 23.6 Å². The molecule has 1 aliphatic heterocycles. The van der Waals surface area contributed by atoms with Crippen LogP contribution in [0.3, 0.4) is 0 Å². The van der Waals surface area contributed by atoms with Crippen molar-refractivity contribution in [1.82, 2.24) is 0 Å². The van der Waals surface area contributed by atoms with E-state index in [2.05, 4.69) is 6.07 Å². The second-order valence-electron chi connectivity index (χ2n) is 3.28. The van der Waals surface area contributed by atoms with E-state index < -0.39 is 4.92 Å². The van der Waals surface area contributed by atoms with E-state index in [1.807, 2.05) is 0 Å². The summed E-state index contributed by atoms with van der Waals surface area (Å²) < 4.78 is 1.02. The highest BCUT2D eigenvalue weighted by atomic mass is 32.2. The molecule has 1 heterocycles. The van der Waals surface area contributed by atoms with Crippen LogP contribution < -0.4 is 0 Å². The van der Waals surface area contributed by atoms with Crippen LogP contribution in [0.2, 0.25) is 0 Å². The average molecular weight is 264 g/mol. The summed E-state index contributed by atoms with van der Waals surface area (Å²) in [5, 5.41) is 19.7. The summed E-state index contributed by atoms with van der Waals surface area (Å²) >= 11 is 3.33. The van der Waals surface area contributed by atoms with E-state index in [0.29, 0.717) is 5.57 Å². The van der Waals surface area contributed by atoms with Gasteiger partial charge in [-0.05, 0) is 17.7 Å². The van der Waals surface area contributed by atoms with Crippen molar-refractivity contribution < 1.29 is 4.92 Å². The van der Waals surface area contributed by atoms with E-state index in [9.17, 15) is 10.1 Å². The van der Waals surface area contributed by atoms with Gasteiger partial charge in [0.2, 0.25) is 0 Å². The Morgan fingerprint density at radius 1 is 1.29 bits per heavy atom. The Balaban J connectivity index is 2.36. The van der Waals surface area contributed by atoms with Gasteiger partial charge in [0.25, 0.3) is 5.69 Å². The molecule has 6 heteroatoms. The molecule has 0 aromatic heterocycles. The fourth-order valence-corrected chi connectivity index (χ4v) is 3.92. The van der Waals surface area contributed by atoms with E-state index >= 15 is 0 Å². The molecule has 0 spiro atoms. The van der Waals surface area contributed by atoms with Crippen LogP contribution in [0, 0.1) is 21.4 Å². The Labute approximate surface area is 107 Å². The molecule has 1 fully saturated rings. The Bertz CT molecular complexity index is 509. The van der Waals surface area contributed by atoms with E-state index in [-0.39, 0.29) is 5.69 Å². The zero-order valence-electron chi connectivity index (χ0n) is 8.75. The lowest BCUT2D eigenvalue weighted by atomic mass is 10.1. The van der Waals surface area contributed by atoms with Crippen molar-refractivity contribution in [3.63, 3.8) is 0 Å². The third kappa shape index (κ3) is 2.62. The Morgan fingerprint density at radius 3 is 2.35 bits per heavy atom. The monoisotopic (exact) mass is 264 g/mol. The number of hydrogen-bond acceptors (Lipinski definition) is 5. The zero-order chi connectivity index (χ0) is 12.3. The highest BCUT2D eigenvalue weighted by Gasteiger charge is 2.16. The molecule has 1 aromatic rings. The Hall–Kier alpha value is -1.45. The maximum atomic E-state index is 10.5. The first-order valence-corrected chi connectivity index (χ1v) is 6.84. The van der Waals surface area contributed by atoms with Gasteiger partial charge in [0.15, 0.2) is 0 Å². The number of non-ortho nitro benzene ring substituents is 1. The molecular formula is C11H8N2O2S2. The van der Waals surface area contributed by atoms with Gasteiger partial charge in [-0.3, -0.25) is 10.1 Å². The van der Waals surface area contributed by atoms with Crippen LogP contribution in [0.15, 0.2) is 28.5 Å². The highest BCUT2D eigenvalue weighted by Crippen LogP contribution is 2.41. The molecule has 4 nitrogen and oxygen atoms in total. The van der Waals surface area contributed by atoms with E-state index in [1.54, 1.807) is 35.7 Å². The smallest absolute Gasteiger partial charge is 0.258 e. The number of nitrogens with zero attached hydrogens (tertiary/aromatic N) is 2. The molecule has 0 bridgehead atoms. The largest absolute Gasteiger partial charge is 0.269 e. The lowest BCUT2D eigenvalue weighted by Gasteiger charge is -2.02. The van der Waals surface area contributed by atoms with Crippen LogP contribution in [0.5, 0.6) is 0 Å². The van der Waals surface area contributed by atoms with E-state index in [0.717, 1.165) is 21.3 Å². The fourth-order valence-electron chi connectivity index (χ4n) is 1.43. The minimum absolute atomic E-state index is 0.0442. The molecule has 2 rings (SSSR count). The van der Waals surface area contributed by atoms with Crippen molar-refractivity contribution in [3.8, 4) is 6.07 Å². The first kappa shape index (κ1) is 12.0. The number of hydrogen-bond donors (Lipinski definition) is 0. The molecule has 86 valence electrons. The third-order valence-corrected chi connectivity index (χ3v) is 4.95. The SMILES string of the molecule is N#CC(=C1SCCS1)c1ccc([N+](=O)[O-])cc1. The van der Waals surface area contributed by atoms with Crippen LogP contribution in [0.25, 0.3) is 5.57 Å². The van der Waals surface area contributed by atoms with Gasteiger partial charge >= 0.3 is 0 Å². The molecule has 0 aliphatic carbocycles. The molecule has 1 aliphatic rings. The second-order valence-corrected chi connectivity index (χ2v) is 5.74. The van der Waals surface area contributed by atoms with Crippen LogP contribution in [0.4, 0.5) is 5.69 Å².